The van der Waals surface area contributed by atoms with Gasteiger partial charge in [0.15, 0.2) is 23.3 Å². The van der Waals surface area contributed by atoms with E-state index in [0.717, 1.165) is 0 Å². The highest BCUT2D eigenvalue weighted by Crippen LogP contribution is 2.50. The maximum absolute atomic E-state index is 15.3. The molecule has 6 nitrogen and oxygen atoms in total. The first-order valence-corrected chi connectivity index (χ1v) is 10.8. The van der Waals surface area contributed by atoms with Crippen molar-refractivity contribution in [3.63, 3.8) is 0 Å². The van der Waals surface area contributed by atoms with Crippen LogP contribution in [0.4, 0.5) is 33.3 Å². The molecule has 1 aliphatic heterocycles. The Morgan fingerprint density at radius 1 is 0.556 bits per heavy atom. The summed E-state index contributed by atoms with van der Waals surface area (Å²) in [5, 5.41) is 0. The van der Waals surface area contributed by atoms with Crippen molar-refractivity contribution >= 4 is 11.4 Å². The second kappa shape index (κ2) is 10.00. The molecule has 192 valence electrons. The van der Waals surface area contributed by atoms with Crippen molar-refractivity contribution in [1.29, 1.82) is 0 Å². The fraction of sp³-hybridized carbons (Fsp3) is 0.280. The van der Waals surface area contributed by atoms with Crippen LogP contribution in [0.3, 0.4) is 0 Å². The molecule has 3 aromatic rings. The van der Waals surface area contributed by atoms with Gasteiger partial charge >= 0.3 is 0 Å². The van der Waals surface area contributed by atoms with Crippen molar-refractivity contribution in [2.24, 2.45) is 0 Å². The van der Waals surface area contributed by atoms with Crippen molar-refractivity contribution in [2.45, 2.75) is 6.17 Å². The molecule has 0 unspecified atom stereocenters. The summed E-state index contributed by atoms with van der Waals surface area (Å²) in [5.74, 6) is -9.13. The van der Waals surface area contributed by atoms with Crippen LogP contribution in [0, 0.1) is 29.1 Å². The highest BCUT2D eigenvalue weighted by atomic mass is 19.2. The zero-order valence-corrected chi connectivity index (χ0v) is 19.9. The fourth-order valence-corrected chi connectivity index (χ4v) is 4.49. The largest absolute Gasteiger partial charge is 0.494 e. The Kier molecular flexibility index (Phi) is 7.00. The molecule has 0 amide bonds. The molecule has 0 aliphatic carbocycles. The number of methoxy groups -OCH3 is 4. The van der Waals surface area contributed by atoms with Crippen LogP contribution < -0.4 is 28.7 Å². The molecule has 0 saturated carbocycles. The van der Waals surface area contributed by atoms with Gasteiger partial charge in [-0.25, -0.2) is 22.0 Å². The lowest BCUT2D eigenvalue weighted by molar-refractivity contribution is 0.360. The highest BCUT2D eigenvalue weighted by Gasteiger charge is 2.44. The van der Waals surface area contributed by atoms with Gasteiger partial charge in [-0.15, -0.1) is 0 Å². The lowest BCUT2D eigenvalue weighted by Crippen LogP contribution is -2.34. The van der Waals surface area contributed by atoms with Crippen LogP contribution in [0.2, 0.25) is 0 Å². The molecular weight excluding hydrogens is 487 g/mol. The van der Waals surface area contributed by atoms with Crippen LogP contribution in [0.5, 0.6) is 23.0 Å². The number of ether oxygens (including phenoxy) is 4. The number of anilines is 2. The predicted octanol–water partition coefficient (Wildman–Crippen LogP) is 5.44. The number of halogens is 5. The number of hydrogen-bond acceptors (Lipinski definition) is 6. The Balaban J connectivity index is 2.05. The number of benzene rings is 3. The first kappa shape index (κ1) is 25.2. The minimum atomic E-state index is -2.24. The van der Waals surface area contributed by atoms with Gasteiger partial charge in [-0.1, -0.05) is 12.1 Å². The van der Waals surface area contributed by atoms with E-state index in [0.29, 0.717) is 0 Å². The SMILES string of the molecule is COc1cccc(OC)c1N1CCN(c2c(OC)cccc2OC)C1c1c(F)c(F)c(F)c(F)c1F. The summed E-state index contributed by atoms with van der Waals surface area (Å²) in [6, 6.07) is 9.68. The van der Waals surface area contributed by atoms with E-state index in [2.05, 4.69) is 0 Å². The molecule has 4 rings (SSSR count). The Bertz CT molecular complexity index is 1150. The summed E-state index contributed by atoms with van der Waals surface area (Å²) >= 11 is 0. The molecule has 0 spiro atoms. The molecule has 0 radical (unpaired) electrons. The van der Waals surface area contributed by atoms with E-state index in [1.165, 1.54) is 38.2 Å². The lowest BCUT2D eigenvalue weighted by atomic mass is 10.1. The van der Waals surface area contributed by atoms with Crippen molar-refractivity contribution < 1.29 is 40.9 Å². The predicted molar refractivity (Wildman–Crippen MR) is 123 cm³/mol. The van der Waals surface area contributed by atoms with E-state index in [1.54, 1.807) is 36.4 Å². The number of para-hydroxylation sites is 2. The van der Waals surface area contributed by atoms with Crippen LogP contribution in [-0.2, 0) is 0 Å². The minimum Gasteiger partial charge on any atom is -0.494 e. The normalized spacial score (nSPS) is 13.8. The molecule has 1 fully saturated rings. The molecule has 1 saturated heterocycles. The summed E-state index contributed by atoms with van der Waals surface area (Å²) in [5.41, 5.74) is -0.495. The van der Waals surface area contributed by atoms with E-state index in [1.807, 2.05) is 0 Å². The van der Waals surface area contributed by atoms with Crippen LogP contribution in [0.15, 0.2) is 36.4 Å². The standard InChI is InChI=1S/C25H23F5N2O4/c1-33-13-7-5-8-14(34-2)23(13)31-11-12-32(24-15(35-3)9-6-10-16(24)36-4)25(31)17-18(26)20(28)22(30)21(29)19(17)27/h5-10,25H,11-12H2,1-4H3. The zero-order chi connectivity index (χ0) is 26.1. The molecule has 0 N–H and O–H groups in total. The van der Waals surface area contributed by atoms with Gasteiger partial charge < -0.3 is 28.7 Å². The summed E-state index contributed by atoms with van der Waals surface area (Å²) in [6.07, 6.45) is -1.52. The minimum absolute atomic E-state index is 0.0993. The van der Waals surface area contributed by atoms with Crippen molar-refractivity contribution in [3.05, 3.63) is 71.0 Å². The molecule has 0 bridgehead atoms. The number of hydrogen-bond donors (Lipinski definition) is 0. The molecule has 36 heavy (non-hydrogen) atoms. The van der Waals surface area contributed by atoms with Crippen molar-refractivity contribution in [2.75, 3.05) is 51.3 Å². The van der Waals surface area contributed by atoms with E-state index in [-0.39, 0.29) is 47.5 Å². The van der Waals surface area contributed by atoms with Gasteiger partial charge in [-0.2, -0.15) is 0 Å². The second-order valence-electron chi connectivity index (χ2n) is 7.77. The van der Waals surface area contributed by atoms with Crippen molar-refractivity contribution in [3.8, 4) is 23.0 Å². The van der Waals surface area contributed by atoms with Crippen LogP contribution >= 0.6 is 0 Å². The van der Waals surface area contributed by atoms with Gasteiger partial charge in [-0.05, 0) is 24.3 Å². The molecule has 0 atom stereocenters. The van der Waals surface area contributed by atoms with Gasteiger partial charge in [0.1, 0.15) is 40.5 Å². The molecule has 1 heterocycles. The molecule has 1 aliphatic rings. The van der Waals surface area contributed by atoms with Gasteiger partial charge in [0.2, 0.25) is 5.82 Å². The third-order valence-corrected chi connectivity index (χ3v) is 6.05. The summed E-state index contributed by atoms with van der Waals surface area (Å²) in [4.78, 5) is 2.92. The van der Waals surface area contributed by atoms with Gasteiger partial charge in [0.25, 0.3) is 0 Å². The Hall–Kier alpha value is -3.89. The Labute approximate surface area is 204 Å². The quantitative estimate of drug-likeness (QED) is 0.240. The van der Waals surface area contributed by atoms with E-state index >= 15 is 8.78 Å². The van der Waals surface area contributed by atoms with E-state index in [4.69, 9.17) is 18.9 Å². The second-order valence-corrected chi connectivity index (χ2v) is 7.77. The number of rotatable bonds is 7. The summed E-state index contributed by atoms with van der Waals surface area (Å²) < 4.78 is 95.1. The zero-order valence-electron chi connectivity index (χ0n) is 19.9. The Morgan fingerprint density at radius 2 is 0.861 bits per heavy atom. The van der Waals surface area contributed by atoms with Crippen LogP contribution in [-0.4, -0.2) is 41.5 Å². The summed E-state index contributed by atoms with van der Waals surface area (Å²) in [7, 11) is 5.57. The maximum atomic E-state index is 15.3. The maximum Gasteiger partial charge on any atom is 0.200 e. The first-order chi connectivity index (χ1) is 17.3. The topological polar surface area (TPSA) is 43.4 Å². The van der Waals surface area contributed by atoms with E-state index in [9.17, 15) is 13.2 Å². The fourth-order valence-electron chi connectivity index (χ4n) is 4.49. The molecule has 0 aromatic heterocycles. The Morgan fingerprint density at radius 3 is 1.17 bits per heavy atom. The monoisotopic (exact) mass is 510 g/mol. The van der Waals surface area contributed by atoms with Gasteiger partial charge in [0.05, 0.1) is 34.0 Å². The number of nitrogens with zero attached hydrogens (tertiary/aromatic N) is 2. The third-order valence-electron chi connectivity index (χ3n) is 6.05. The lowest BCUT2D eigenvalue weighted by Gasteiger charge is -2.35. The summed E-state index contributed by atoms with van der Waals surface area (Å²) in [6.45, 7) is 0.199. The average molecular weight is 510 g/mol. The molecule has 3 aromatic carbocycles. The third kappa shape index (κ3) is 3.88. The van der Waals surface area contributed by atoms with Gasteiger partial charge in [-0.3, -0.25) is 0 Å². The van der Waals surface area contributed by atoms with Crippen LogP contribution in [0.1, 0.15) is 11.7 Å². The van der Waals surface area contributed by atoms with Crippen LogP contribution in [0.25, 0.3) is 0 Å². The molecule has 11 heteroatoms. The molecular formula is C25H23F5N2O4. The van der Waals surface area contributed by atoms with Gasteiger partial charge in [0, 0.05) is 13.1 Å². The first-order valence-electron chi connectivity index (χ1n) is 10.8. The van der Waals surface area contributed by atoms with E-state index < -0.39 is 40.8 Å². The highest BCUT2D eigenvalue weighted by molar-refractivity contribution is 5.75. The smallest absolute Gasteiger partial charge is 0.200 e. The van der Waals surface area contributed by atoms with Crippen molar-refractivity contribution in [1.82, 2.24) is 0 Å². The average Bonchev–Trinajstić information content (AvgIpc) is 3.33.